The first-order valence-corrected chi connectivity index (χ1v) is 11.3. The molecule has 2 aromatic rings. The van der Waals surface area contributed by atoms with Gasteiger partial charge in [0.25, 0.3) is 5.95 Å². The number of hydrogen-bond acceptors (Lipinski definition) is 9. The van der Waals surface area contributed by atoms with Gasteiger partial charge in [-0.3, -0.25) is 14.6 Å². The standard InChI is InChI=1S/C19H24N6O5S/c1-4-30-15(27)9-12-8-13(25-7-6-20-14(26)10-25)23-18(22-12)24-19-21-11(3)16(17(28)29)31(19)5-2/h8H,4-7,9-10H2,1-3H3,(H2-,20,21,22,23,24,26,28,29). The van der Waals surface area contributed by atoms with Gasteiger partial charge in [-0.15, -0.1) is 4.99 Å². The Morgan fingerprint density at radius 3 is 2.77 bits per heavy atom. The molecule has 0 spiro atoms. The van der Waals surface area contributed by atoms with Gasteiger partial charge in [0, 0.05) is 29.6 Å². The van der Waals surface area contributed by atoms with E-state index in [0.717, 1.165) is 0 Å². The summed E-state index contributed by atoms with van der Waals surface area (Å²) in [6.07, 6.45) is -0.0737. The molecule has 31 heavy (non-hydrogen) atoms. The van der Waals surface area contributed by atoms with Crippen LogP contribution in [0.4, 0.5) is 11.8 Å². The Balaban J connectivity index is 2.08. The molecule has 1 amide bonds. The highest BCUT2D eigenvalue weighted by Gasteiger charge is 2.23. The molecule has 2 aromatic heterocycles. The molecule has 0 aliphatic carbocycles. The summed E-state index contributed by atoms with van der Waals surface area (Å²) in [5, 5.41) is 14.3. The maximum Gasteiger partial charge on any atom is 0.348 e. The SMILES string of the molecule is CCOC(=O)Cc1cc(N2CCNC(=O)C2)nc(N=c2[nH]c(C)c(C(=O)[O-])[s+]2CC)n1. The van der Waals surface area contributed by atoms with Gasteiger partial charge in [-0.2, -0.15) is 4.98 Å². The first-order chi connectivity index (χ1) is 14.8. The Morgan fingerprint density at radius 1 is 1.35 bits per heavy atom. The van der Waals surface area contributed by atoms with Crippen molar-refractivity contribution in [2.45, 2.75) is 32.9 Å². The van der Waals surface area contributed by atoms with E-state index in [4.69, 9.17) is 4.74 Å². The highest BCUT2D eigenvalue weighted by molar-refractivity contribution is 7.30. The molecule has 3 heterocycles. The summed E-state index contributed by atoms with van der Waals surface area (Å²) in [6, 6.07) is 1.64. The molecule has 1 aliphatic rings. The van der Waals surface area contributed by atoms with Crippen LogP contribution in [0.2, 0.25) is 0 Å². The number of aromatic nitrogens is 3. The summed E-state index contributed by atoms with van der Waals surface area (Å²) in [5.41, 5.74) is 0.868. The zero-order valence-electron chi connectivity index (χ0n) is 17.6. The van der Waals surface area contributed by atoms with E-state index in [1.54, 1.807) is 24.8 Å². The molecular weight excluding hydrogens is 424 g/mol. The Hall–Kier alpha value is -3.28. The molecule has 0 saturated carbocycles. The van der Waals surface area contributed by atoms with E-state index in [1.807, 2.05) is 6.92 Å². The van der Waals surface area contributed by atoms with Gasteiger partial charge in [-0.05, 0) is 20.8 Å². The molecule has 1 fully saturated rings. The molecule has 2 N–H and O–H groups in total. The van der Waals surface area contributed by atoms with Crippen LogP contribution in [-0.4, -0.2) is 59.0 Å². The van der Waals surface area contributed by atoms with Crippen LogP contribution in [0.5, 0.6) is 0 Å². The number of anilines is 1. The van der Waals surface area contributed by atoms with E-state index in [9.17, 15) is 19.5 Å². The van der Waals surface area contributed by atoms with Gasteiger partial charge in [0.05, 0.1) is 31.0 Å². The van der Waals surface area contributed by atoms with Crippen molar-refractivity contribution in [1.29, 1.82) is 0 Å². The molecule has 1 atom stereocenters. The van der Waals surface area contributed by atoms with E-state index in [1.165, 1.54) is 0 Å². The van der Waals surface area contributed by atoms with Crippen LogP contribution in [0.3, 0.4) is 0 Å². The molecule has 1 unspecified atom stereocenters. The molecule has 1 saturated heterocycles. The second-order valence-electron chi connectivity index (χ2n) is 6.73. The lowest BCUT2D eigenvalue weighted by Crippen LogP contribution is -2.48. The topological polar surface area (TPSA) is 153 Å². The second kappa shape index (κ2) is 9.69. The molecule has 0 aromatic carbocycles. The minimum Gasteiger partial charge on any atom is -0.540 e. The molecule has 12 heteroatoms. The van der Waals surface area contributed by atoms with Crippen molar-refractivity contribution in [2.75, 3.05) is 31.1 Å². The highest BCUT2D eigenvalue weighted by Crippen LogP contribution is 2.23. The Morgan fingerprint density at radius 2 is 2.13 bits per heavy atom. The van der Waals surface area contributed by atoms with Crippen molar-refractivity contribution in [2.24, 2.45) is 4.99 Å². The number of aryl methyl sites for hydroxylation is 1. The quantitative estimate of drug-likeness (QED) is 0.425. The lowest BCUT2D eigenvalue weighted by Gasteiger charge is -2.27. The van der Waals surface area contributed by atoms with Gasteiger partial charge in [0.15, 0.2) is 0 Å². The lowest BCUT2D eigenvalue weighted by atomic mass is 10.2. The number of amides is 1. The third-order valence-electron chi connectivity index (χ3n) is 4.54. The second-order valence-corrected chi connectivity index (χ2v) is 8.89. The first-order valence-electron chi connectivity index (χ1n) is 9.86. The van der Waals surface area contributed by atoms with Crippen molar-refractivity contribution in [3.05, 3.63) is 27.1 Å². The fraction of sp³-hybridized carbons (Fsp3) is 0.474. The highest BCUT2D eigenvalue weighted by atomic mass is 32.2. The number of rotatable bonds is 7. The van der Waals surface area contributed by atoms with Gasteiger partial charge >= 0.3 is 10.8 Å². The van der Waals surface area contributed by atoms with E-state index < -0.39 is 22.4 Å². The maximum absolute atomic E-state index is 12.0. The van der Waals surface area contributed by atoms with Gasteiger partial charge < -0.3 is 24.9 Å². The van der Waals surface area contributed by atoms with Gasteiger partial charge in [-0.1, -0.05) is 0 Å². The Labute approximate surface area is 181 Å². The number of ether oxygens (including phenoxy) is 1. The normalized spacial score (nSPS) is 15.1. The zero-order valence-corrected chi connectivity index (χ0v) is 18.4. The summed E-state index contributed by atoms with van der Waals surface area (Å²) in [4.78, 5) is 53.9. The number of aromatic amines is 1. The number of carboxylic acid groups (broad SMARTS) is 1. The lowest BCUT2D eigenvalue weighted by molar-refractivity contribution is -0.254. The number of carbonyl (C=O) groups is 3. The minimum absolute atomic E-state index is 0.0728. The van der Waals surface area contributed by atoms with Crippen molar-refractivity contribution in [3.8, 4) is 0 Å². The van der Waals surface area contributed by atoms with Crippen LogP contribution in [-0.2, 0) is 26.5 Å². The van der Waals surface area contributed by atoms with Crippen LogP contribution in [0.25, 0.3) is 0 Å². The molecule has 3 rings (SSSR count). The van der Waals surface area contributed by atoms with E-state index in [0.29, 0.717) is 40.8 Å². The fourth-order valence-electron chi connectivity index (χ4n) is 3.23. The summed E-state index contributed by atoms with van der Waals surface area (Å²) in [7, 11) is -0.801. The summed E-state index contributed by atoms with van der Waals surface area (Å²) < 4.78 is 5.01. The predicted octanol–water partition coefficient (Wildman–Crippen LogP) is -0.480. The number of hydrogen-bond donors (Lipinski definition) is 2. The number of H-pyrrole nitrogens is 1. The maximum atomic E-state index is 12.0. The number of aromatic carboxylic acids is 1. The number of piperazine rings is 1. The summed E-state index contributed by atoms with van der Waals surface area (Å²) in [5.74, 6) is -0.753. The smallest absolute Gasteiger partial charge is 0.348 e. The zero-order chi connectivity index (χ0) is 22.5. The van der Waals surface area contributed by atoms with Crippen molar-refractivity contribution < 1.29 is 24.2 Å². The number of nitrogens with zero attached hydrogens (tertiary/aromatic N) is 4. The van der Waals surface area contributed by atoms with E-state index in [2.05, 4.69) is 25.3 Å². The van der Waals surface area contributed by atoms with Gasteiger partial charge in [0.2, 0.25) is 10.8 Å². The average Bonchev–Trinajstić information content (AvgIpc) is 3.02. The monoisotopic (exact) mass is 448 g/mol. The van der Waals surface area contributed by atoms with Crippen LogP contribution in [0, 0.1) is 6.92 Å². The third kappa shape index (κ3) is 5.26. The first kappa shape index (κ1) is 22.4. The van der Waals surface area contributed by atoms with Crippen molar-refractivity contribution >= 4 is 40.1 Å². The molecule has 11 nitrogen and oxygen atoms in total. The van der Waals surface area contributed by atoms with Gasteiger partial charge in [-0.25, -0.2) is 4.98 Å². The predicted molar refractivity (Wildman–Crippen MR) is 111 cm³/mol. The van der Waals surface area contributed by atoms with Crippen LogP contribution in [0.1, 0.15) is 34.9 Å². The number of nitrogens with one attached hydrogen (secondary N) is 2. The number of carbonyl (C=O) groups excluding carboxylic acids is 3. The van der Waals surface area contributed by atoms with Crippen molar-refractivity contribution in [3.63, 3.8) is 0 Å². The van der Waals surface area contributed by atoms with E-state index >= 15 is 0 Å². The number of thiazole rings is 1. The largest absolute Gasteiger partial charge is 0.540 e. The minimum atomic E-state index is -1.24. The van der Waals surface area contributed by atoms with E-state index in [-0.39, 0.29) is 36.3 Å². The number of esters is 1. The Bertz CT molecular complexity index is 1080. The summed E-state index contributed by atoms with van der Waals surface area (Å²) in [6.45, 7) is 6.62. The molecule has 0 radical (unpaired) electrons. The Kier molecular flexibility index (Phi) is 7.00. The molecular formula is C19H24N6O5S. The van der Waals surface area contributed by atoms with Crippen molar-refractivity contribution in [1.82, 2.24) is 20.3 Å². The number of carboxylic acids is 1. The van der Waals surface area contributed by atoms with Crippen LogP contribution >= 0.6 is 10.5 Å². The van der Waals surface area contributed by atoms with Crippen LogP contribution < -0.4 is 20.1 Å². The average molecular weight is 449 g/mol. The third-order valence-corrected chi connectivity index (χ3v) is 6.74. The van der Waals surface area contributed by atoms with Gasteiger partial charge in [0.1, 0.15) is 17.5 Å². The summed E-state index contributed by atoms with van der Waals surface area (Å²) >= 11 is 0. The fourth-order valence-corrected chi connectivity index (χ4v) is 5.08. The molecule has 0 bridgehead atoms. The molecule has 166 valence electrons. The molecule has 1 aliphatic heterocycles. The van der Waals surface area contributed by atoms with Crippen LogP contribution in [0.15, 0.2) is 11.1 Å².